The topological polar surface area (TPSA) is 36.5 Å². The lowest BCUT2D eigenvalue weighted by atomic mass is 10.2. The van der Waals surface area contributed by atoms with Crippen molar-refractivity contribution in [3.05, 3.63) is 22.6 Å². The molecule has 1 unspecified atom stereocenters. The highest BCUT2D eigenvalue weighted by atomic mass is 79.9. The number of hydrogen-bond acceptors (Lipinski definition) is 2. The van der Waals surface area contributed by atoms with Crippen LogP contribution in [0.4, 0.5) is 0 Å². The summed E-state index contributed by atoms with van der Waals surface area (Å²) in [5, 5.41) is 4.24. The van der Waals surface area contributed by atoms with Crippen molar-refractivity contribution >= 4 is 15.9 Å². The zero-order valence-corrected chi connectivity index (χ0v) is 8.08. The molecular weight excluding hydrogens is 222 g/mol. The van der Waals surface area contributed by atoms with Crippen LogP contribution in [-0.4, -0.2) is 19.7 Å². The molecule has 65 valence electrons. The molecule has 0 amide bonds. The molecule has 0 N–H and O–H groups in total. The van der Waals surface area contributed by atoms with Crippen LogP contribution in [0.1, 0.15) is 11.9 Å². The minimum Gasteiger partial charge on any atom is -0.465 e. The fourth-order valence-corrected chi connectivity index (χ4v) is 1.51. The van der Waals surface area contributed by atoms with E-state index in [9.17, 15) is 0 Å². The van der Waals surface area contributed by atoms with Gasteiger partial charge in [-0.25, -0.2) is 5.32 Å². The fourth-order valence-electron chi connectivity index (χ4n) is 1.19. The van der Waals surface area contributed by atoms with Gasteiger partial charge in [-0.3, -0.25) is 0 Å². The summed E-state index contributed by atoms with van der Waals surface area (Å²) in [6.07, 6.45) is 1.68. The SMILES string of the molecule is Brc1coc(C2C[N]CCO2)c1. The Morgan fingerprint density at radius 3 is 3.08 bits per heavy atom. The summed E-state index contributed by atoms with van der Waals surface area (Å²) in [6, 6.07) is 1.92. The first-order valence-electron chi connectivity index (χ1n) is 3.85. The first-order valence-corrected chi connectivity index (χ1v) is 4.64. The lowest BCUT2D eigenvalue weighted by Crippen LogP contribution is -2.27. The van der Waals surface area contributed by atoms with E-state index >= 15 is 0 Å². The number of morpholine rings is 1. The van der Waals surface area contributed by atoms with Crippen LogP contribution in [0, 0.1) is 0 Å². The van der Waals surface area contributed by atoms with Gasteiger partial charge in [0.15, 0.2) is 0 Å². The van der Waals surface area contributed by atoms with Crippen LogP contribution in [0.15, 0.2) is 21.2 Å². The van der Waals surface area contributed by atoms with E-state index in [2.05, 4.69) is 21.2 Å². The van der Waals surface area contributed by atoms with Gasteiger partial charge in [-0.2, -0.15) is 0 Å². The van der Waals surface area contributed by atoms with Crippen LogP contribution in [-0.2, 0) is 4.74 Å². The molecule has 0 saturated carbocycles. The Labute approximate surface area is 79.2 Å². The molecule has 0 aliphatic carbocycles. The van der Waals surface area contributed by atoms with Gasteiger partial charge in [0.2, 0.25) is 0 Å². The number of ether oxygens (including phenoxy) is 1. The molecule has 1 saturated heterocycles. The molecule has 1 atom stereocenters. The van der Waals surface area contributed by atoms with Crippen molar-refractivity contribution in [1.82, 2.24) is 5.32 Å². The number of nitrogens with zero attached hydrogens (tertiary/aromatic N) is 1. The van der Waals surface area contributed by atoms with Crippen molar-refractivity contribution in [2.75, 3.05) is 19.7 Å². The molecule has 0 spiro atoms. The highest BCUT2D eigenvalue weighted by molar-refractivity contribution is 9.10. The Morgan fingerprint density at radius 2 is 2.50 bits per heavy atom. The third kappa shape index (κ3) is 1.71. The third-order valence-electron chi connectivity index (χ3n) is 1.77. The van der Waals surface area contributed by atoms with Crippen LogP contribution in [0.5, 0.6) is 0 Å². The lowest BCUT2D eigenvalue weighted by Gasteiger charge is -2.20. The summed E-state index contributed by atoms with van der Waals surface area (Å²) < 4.78 is 11.7. The van der Waals surface area contributed by atoms with Gasteiger partial charge < -0.3 is 9.15 Å². The number of halogens is 1. The maximum absolute atomic E-state index is 5.47. The second kappa shape index (κ2) is 3.60. The van der Waals surface area contributed by atoms with Gasteiger partial charge in [0.1, 0.15) is 18.1 Å². The second-order valence-electron chi connectivity index (χ2n) is 2.66. The van der Waals surface area contributed by atoms with E-state index in [-0.39, 0.29) is 6.10 Å². The van der Waals surface area contributed by atoms with Crippen molar-refractivity contribution in [2.45, 2.75) is 6.10 Å². The molecule has 4 heteroatoms. The molecule has 1 aromatic heterocycles. The maximum Gasteiger partial charge on any atom is 0.135 e. The smallest absolute Gasteiger partial charge is 0.135 e. The Kier molecular flexibility index (Phi) is 2.48. The standard InChI is InChI=1S/C8H9BrNO2/c9-6-3-7(12-5-6)8-4-10-1-2-11-8/h3,5,8H,1-2,4H2. The molecule has 2 rings (SSSR count). The van der Waals surface area contributed by atoms with Gasteiger partial charge in [-0.15, -0.1) is 0 Å². The molecule has 0 aromatic carbocycles. The maximum atomic E-state index is 5.47. The van der Waals surface area contributed by atoms with E-state index in [0.29, 0.717) is 13.2 Å². The Morgan fingerprint density at radius 1 is 1.58 bits per heavy atom. The highest BCUT2D eigenvalue weighted by Crippen LogP contribution is 2.23. The number of rotatable bonds is 1. The number of hydrogen-bond donors (Lipinski definition) is 0. The predicted molar refractivity (Wildman–Crippen MR) is 47.0 cm³/mol. The normalized spacial score (nSPS) is 24.2. The molecule has 12 heavy (non-hydrogen) atoms. The minimum absolute atomic E-state index is 0.0186. The van der Waals surface area contributed by atoms with Crippen molar-refractivity contribution in [3.63, 3.8) is 0 Å². The zero-order valence-electron chi connectivity index (χ0n) is 6.50. The molecule has 3 nitrogen and oxygen atoms in total. The monoisotopic (exact) mass is 230 g/mol. The van der Waals surface area contributed by atoms with Crippen molar-refractivity contribution in [2.24, 2.45) is 0 Å². The Hall–Kier alpha value is -0.320. The van der Waals surface area contributed by atoms with Crippen molar-refractivity contribution in [3.8, 4) is 0 Å². The van der Waals surface area contributed by atoms with E-state index in [1.54, 1.807) is 6.26 Å². The van der Waals surface area contributed by atoms with Crippen LogP contribution in [0.25, 0.3) is 0 Å². The first kappa shape index (κ1) is 8.29. The Balaban J connectivity index is 2.08. The third-order valence-corrected chi connectivity index (χ3v) is 2.18. The molecule has 1 radical (unpaired) electrons. The second-order valence-corrected chi connectivity index (χ2v) is 3.57. The zero-order chi connectivity index (χ0) is 8.39. The van der Waals surface area contributed by atoms with E-state index < -0.39 is 0 Å². The van der Waals surface area contributed by atoms with Crippen molar-refractivity contribution in [1.29, 1.82) is 0 Å². The van der Waals surface area contributed by atoms with Gasteiger partial charge in [0.25, 0.3) is 0 Å². The van der Waals surface area contributed by atoms with Crippen LogP contribution in [0.3, 0.4) is 0 Å². The molecule has 1 aliphatic heterocycles. The molecular formula is C8H9BrNO2. The van der Waals surface area contributed by atoms with Gasteiger partial charge in [-0.05, 0) is 22.0 Å². The quantitative estimate of drug-likeness (QED) is 0.737. The van der Waals surface area contributed by atoms with Crippen LogP contribution in [0.2, 0.25) is 0 Å². The van der Waals surface area contributed by atoms with Gasteiger partial charge in [0, 0.05) is 13.1 Å². The first-order chi connectivity index (χ1) is 5.86. The predicted octanol–water partition coefficient (Wildman–Crippen LogP) is 1.72. The summed E-state index contributed by atoms with van der Waals surface area (Å²) in [5.74, 6) is 0.852. The average molecular weight is 231 g/mol. The van der Waals surface area contributed by atoms with E-state index in [1.165, 1.54) is 0 Å². The molecule has 1 aromatic rings. The summed E-state index contributed by atoms with van der Waals surface area (Å²) in [7, 11) is 0. The summed E-state index contributed by atoms with van der Waals surface area (Å²) in [6.45, 7) is 2.21. The lowest BCUT2D eigenvalue weighted by molar-refractivity contribution is 0.0127. The van der Waals surface area contributed by atoms with E-state index in [0.717, 1.165) is 16.8 Å². The summed E-state index contributed by atoms with van der Waals surface area (Å²) in [5.41, 5.74) is 0. The number of furan rings is 1. The highest BCUT2D eigenvalue weighted by Gasteiger charge is 2.19. The van der Waals surface area contributed by atoms with Gasteiger partial charge >= 0.3 is 0 Å². The van der Waals surface area contributed by atoms with Gasteiger partial charge in [0.05, 0.1) is 11.1 Å². The summed E-state index contributed by atoms with van der Waals surface area (Å²) >= 11 is 3.32. The van der Waals surface area contributed by atoms with Crippen LogP contribution < -0.4 is 5.32 Å². The fraction of sp³-hybridized carbons (Fsp3) is 0.500. The molecule has 1 aliphatic rings. The minimum atomic E-state index is 0.0186. The largest absolute Gasteiger partial charge is 0.465 e. The van der Waals surface area contributed by atoms with Gasteiger partial charge in [-0.1, -0.05) is 0 Å². The van der Waals surface area contributed by atoms with E-state index in [4.69, 9.17) is 9.15 Å². The van der Waals surface area contributed by atoms with E-state index in [1.807, 2.05) is 6.07 Å². The van der Waals surface area contributed by atoms with Crippen LogP contribution >= 0.6 is 15.9 Å². The molecule has 1 fully saturated rings. The average Bonchev–Trinajstić information content (AvgIpc) is 2.54. The molecule has 0 bridgehead atoms. The summed E-state index contributed by atoms with van der Waals surface area (Å²) in [4.78, 5) is 0. The Bertz CT molecular complexity index is 255. The van der Waals surface area contributed by atoms with Crippen molar-refractivity contribution < 1.29 is 9.15 Å². The molecule has 2 heterocycles.